The molecule has 2 aliphatic rings. The monoisotopic (exact) mass is 558 g/mol. The fraction of sp³-hybridized carbons (Fsp3) is 0.171. The lowest BCUT2D eigenvalue weighted by Gasteiger charge is -2.32. The quantitative estimate of drug-likeness (QED) is 0.191. The summed E-state index contributed by atoms with van der Waals surface area (Å²) in [6, 6.07) is 38.1. The maximum absolute atomic E-state index is 2.39. The maximum Gasteiger partial charge on any atom is 0.0532 e. The van der Waals surface area contributed by atoms with Gasteiger partial charge in [0.25, 0.3) is 0 Å². The number of allylic oxidation sites excluding steroid dienone is 6. The van der Waals surface area contributed by atoms with Crippen molar-refractivity contribution in [1.29, 1.82) is 0 Å². The van der Waals surface area contributed by atoms with Gasteiger partial charge in [-0.15, -0.1) is 0 Å². The molecule has 0 saturated heterocycles. The van der Waals surface area contributed by atoms with E-state index in [1.165, 1.54) is 60.9 Å². The minimum Gasteiger partial charge on any atom is -0.368 e. The summed E-state index contributed by atoms with van der Waals surface area (Å²) in [5.74, 6) is 0.480. The average Bonchev–Trinajstić information content (AvgIpc) is 3.07. The van der Waals surface area contributed by atoms with Gasteiger partial charge in [0.05, 0.1) is 6.04 Å². The van der Waals surface area contributed by atoms with E-state index in [1.807, 2.05) is 0 Å². The summed E-state index contributed by atoms with van der Waals surface area (Å²) in [7, 11) is 4.38. The van der Waals surface area contributed by atoms with Crippen molar-refractivity contribution in [1.82, 2.24) is 0 Å². The first kappa shape index (κ1) is 27.0. The second kappa shape index (κ2) is 11.5. The van der Waals surface area contributed by atoms with Crippen LogP contribution in [0.5, 0.6) is 0 Å². The molecule has 5 aromatic carbocycles. The van der Waals surface area contributed by atoms with E-state index in [1.54, 1.807) is 0 Å². The van der Waals surface area contributed by atoms with Crippen LogP contribution in [0.3, 0.4) is 0 Å². The first-order valence-corrected chi connectivity index (χ1v) is 15.4. The molecule has 2 nitrogen and oxygen atoms in total. The molecule has 5 aromatic rings. The van der Waals surface area contributed by atoms with Crippen LogP contribution in [0.25, 0.3) is 38.2 Å². The van der Waals surface area contributed by atoms with Gasteiger partial charge in [0.15, 0.2) is 0 Å². The fourth-order valence-corrected chi connectivity index (χ4v) is 6.94. The van der Waals surface area contributed by atoms with Crippen molar-refractivity contribution in [3.05, 3.63) is 151 Å². The van der Waals surface area contributed by atoms with E-state index in [-0.39, 0.29) is 0 Å². The number of anilines is 2. The Hall–Kier alpha value is -4.82. The molecule has 2 aliphatic carbocycles. The number of rotatable bonds is 6. The van der Waals surface area contributed by atoms with E-state index in [9.17, 15) is 0 Å². The van der Waals surface area contributed by atoms with E-state index in [4.69, 9.17) is 0 Å². The highest BCUT2D eigenvalue weighted by Crippen LogP contribution is 2.44. The minimum atomic E-state index is 0.364. The molecule has 0 aromatic heterocycles. The molecule has 2 unspecified atom stereocenters. The summed E-state index contributed by atoms with van der Waals surface area (Å²) in [4.78, 5) is 4.70. The largest absolute Gasteiger partial charge is 0.368 e. The number of nitrogens with zero attached hydrogens (tertiary/aromatic N) is 2. The molecule has 0 amide bonds. The van der Waals surface area contributed by atoms with Crippen LogP contribution in [0.15, 0.2) is 145 Å². The van der Waals surface area contributed by atoms with Crippen LogP contribution in [0, 0.1) is 5.92 Å². The zero-order valence-electron chi connectivity index (χ0n) is 25.2. The van der Waals surface area contributed by atoms with Gasteiger partial charge in [-0.1, -0.05) is 116 Å². The number of fused-ring (bicyclic) bond motifs is 2. The third-order valence-corrected chi connectivity index (χ3v) is 9.34. The maximum atomic E-state index is 2.39. The van der Waals surface area contributed by atoms with Gasteiger partial charge in [-0.2, -0.15) is 0 Å². The number of para-hydroxylation sites is 1. The van der Waals surface area contributed by atoms with Gasteiger partial charge in [-0.05, 0) is 92.9 Å². The molecule has 0 aliphatic heterocycles. The highest BCUT2D eigenvalue weighted by molar-refractivity contribution is 6.18. The van der Waals surface area contributed by atoms with Crippen molar-refractivity contribution in [2.45, 2.75) is 25.8 Å². The number of likely N-dealkylation sites (N-methyl/N-ethyl adjacent to an activating group) is 1. The highest BCUT2D eigenvalue weighted by atomic mass is 15.1. The summed E-state index contributed by atoms with van der Waals surface area (Å²) in [5.41, 5.74) is 9.16. The molecule has 0 N–H and O–H groups in total. The molecule has 0 bridgehead atoms. The van der Waals surface area contributed by atoms with Crippen molar-refractivity contribution in [2.75, 3.05) is 23.9 Å². The zero-order valence-corrected chi connectivity index (χ0v) is 25.2. The molecule has 43 heavy (non-hydrogen) atoms. The van der Waals surface area contributed by atoms with Crippen molar-refractivity contribution < 1.29 is 0 Å². The Morgan fingerprint density at radius 3 is 1.72 bits per heavy atom. The lowest BCUT2D eigenvalue weighted by Crippen LogP contribution is -2.35. The minimum absolute atomic E-state index is 0.364. The van der Waals surface area contributed by atoms with Gasteiger partial charge < -0.3 is 9.80 Å². The predicted octanol–water partition coefficient (Wildman–Crippen LogP) is 10.4. The van der Waals surface area contributed by atoms with Gasteiger partial charge in [0.1, 0.15) is 0 Å². The van der Waals surface area contributed by atoms with Crippen LogP contribution in [-0.4, -0.2) is 20.1 Å². The molecule has 7 rings (SSSR count). The lowest BCUT2D eigenvalue weighted by molar-refractivity contribution is 0.593. The van der Waals surface area contributed by atoms with Gasteiger partial charge in [-0.3, -0.25) is 0 Å². The Morgan fingerprint density at radius 2 is 1.14 bits per heavy atom. The molecule has 0 heterocycles. The second-order valence-corrected chi connectivity index (χ2v) is 11.9. The molecule has 0 saturated carbocycles. The van der Waals surface area contributed by atoms with Gasteiger partial charge in [-0.25, -0.2) is 0 Å². The smallest absolute Gasteiger partial charge is 0.0532 e. The number of hydrogen-bond donors (Lipinski definition) is 0. The van der Waals surface area contributed by atoms with Gasteiger partial charge in [0.2, 0.25) is 0 Å². The van der Waals surface area contributed by atoms with Crippen LogP contribution in [0.4, 0.5) is 11.4 Å². The number of hydrogen-bond acceptors (Lipinski definition) is 2. The Kier molecular flexibility index (Phi) is 7.20. The topological polar surface area (TPSA) is 6.48 Å². The summed E-state index contributed by atoms with van der Waals surface area (Å²) < 4.78 is 0. The molecule has 2 heteroatoms. The van der Waals surface area contributed by atoms with Crippen LogP contribution in [0.2, 0.25) is 0 Å². The standard InChI is InChI=1S/C41H38N2/c1-29-13-7-12-20-39(29)43(3)34-27-23-31(24-28-34)41-37-18-10-8-16-35(37)40(36-17-9-11-19-38(36)41)30-21-25-33(26-22-30)42(2)32-14-5-4-6-15-32/h4-21,23-25,27-29,39H,22,26H2,1-3H3. The summed E-state index contributed by atoms with van der Waals surface area (Å²) >= 11 is 0. The first-order valence-electron chi connectivity index (χ1n) is 15.4. The van der Waals surface area contributed by atoms with Gasteiger partial charge in [0, 0.05) is 31.2 Å². The Balaban J connectivity index is 1.31. The van der Waals surface area contributed by atoms with Crippen molar-refractivity contribution in [2.24, 2.45) is 5.92 Å². The van der Waals surface area contributed by atoms with Crippen LogP contribution < -0.4 is 9.80 Å². The Morgan fingerprint density at radius 1 is 0.558 bits per heavy atom. The summed E-state index contributed by atoms with van der Waals surface area (Å²) in [6.45, 7) is 2.29. The molecule has 212 valence electrons. The average molecular weight is 559 g/mol. The predicted molar refractivity (Wildman–Crippen MR) is 187 cm³/mol. The second-order valence-electron chi connectivity index (χ2n) is 11.9. The zero-order chi connectivity index (χ0) is 29.3. The molecule has 0 spiro atoms. The van der Waals surface area contributed by atoms with Crippen LogP contribution >= 0.6 is 0 Å². The molecular weight excluding hydrogens is 520 g/mol. The van der Waals surface area contributed by atoms with E-state index in [0.717, 1.165) is 12.8 Å². The molecule has 0 fully saturated rings. The van der Waals surface area contributed by atoms with Crippen LogP contribution in [0.1, 0.15) is 25.3 Å². The van der Waals surface area contributed by atoms with E-state index in [0.29, 0.717) is 12.0 Å². The molecule has 2 atom stereocenters. The van der Waals surface area contributed by atoms with Gasteiger partial charge >= 0.3 is 0 Å². The Labute approximate surface area is 255 Å². The highest BCUT2D eigenvalue weighted by Gasteiger charge is 2.22. The summed E-state index contributed by atoms with van der Waals surface area (Å²) in [5, 5.41) is 5.27. The van der Waals surface area contributed by atoms with E-state index >= 15 is 0 Å². The number of benzene rings is 5. The van der Waals surface area contributed by atoms with Crippen LogP contribution in [-0.2, 0) is 0 Å². The van der Waals surface area contributed by atoms with E-state index in [2.05, 4.69) is 170 Å². The van der Waals surface area contributed by atoms with Crippen molar-refractivity contribution in [3.8, 4) is 11.1 Å². The Bertz CT molecular complexity index is 1850. The van der Waals surface area contributed by atoms with Crippen molar-refractivity contribution in [3.63, 3.8) is 0 Å². The summed E-state index contributed by atoms with van der Waals surface area (Å²) in [6.07, 6.45) is 15.6. The molecule has 0 radical (unpaired) electrons. The SMILES string of the molecule is CC1C=CC=CC1N(C)c1ccc(-c2c3ccccc3c(C3=CC=C(N(C)c4ccccc4)CC3)c3ccccc23)cc1. The third kappa shape index (κ3) is 4.97. The third-order valence-electron chi connectivity index (χ3n) is 9.34. The fourth-order valence-electron chi connectivity index (χ4n) is 6.94. The van der Waals surface area contributed by atoms with Crippen molar-refractivity contribution >= 4 is 38.5 Å². The first-order chi connectivity index (χ1) is 21.1. The normalized spacial score (nSPS) is 18.0. The van der Waals surface area contributed by atoms with E-state index < -0.39 is 0 Å². The lowest BCUT2D eigenvalue weighted by atomic mass is 9.83. The molecular formula is C41H38N2.